The molecule has 1 amide bonds. The average molecular weight is 379 g/mol. The van der Waals surface area contributed by atoms with Crippen molar-refractivity contribution >= 4 is 12.0 Å². The molecule has 0 fully saturated rings. The minimum Gasteiger partial charge on any atom is -0.493 e. The molecule has 2 rings (SSSR count). The van der Waals surface area contributed by atoms with E-state index in [1.54, 1.807) is 31.4 Å². The number of likely N-dealkylation sites (N-methyl/N-ethyl adjacent to an activating group) is 1. The first-order valence-corrected chi connectivity index (χ1v) is 8.39. The van der Waals surface area contributed by atoms with Gasteiger partial charge in [0.05, 0.1) is 19.8 Å². The van der Waals surface area contributed by atoms with Crippen molar-refractivity contribution in [3.63, 3.8) is 0 Å². The number of amides is 1. The Balaban J connectivity index is 2.06. The summed E-state index contributed by atoms with van der Waals surface area (Å²) in [7, 11) is 3.07. The minimum absolute atomic E-state index is 0.0105. The first-order valence-electron chi connectivity index (χ1n) is 8.39. The molecule has 0 radical (unpaired) electrons. The minimum atomic E-state index is -2.69. The maximum absolute atomic E-state index is 12.8. The normalized spacial score (nSPS) is 11.4. The molecule has 0 saturated heterocycles. The fourth-order valence-electron chi connectivity index (χ4n) is 2.37. The van der Waals surface area contributed by atoms with Crippen molar-refractivity contribution in [2.24, 2.45) is 0 Å². The number of benzene rings is 1. The van der Waals surface area contributed by atoms with Gasteiger partial charge in [0.25, 0.3) is 0 Å². The van der Waals surface area contributed by atoms with Gasteiger partial charge in [-0.15, -0.1) is 0 Å². The summed E-state index contributed by atoms with van der Waals surface area (Å²) >= 11 is 0. The molecule has 27 heavy (non-hydrogen) atoms. The third-order valence-electron chi connectivity index (χ3n) is 3.68. The van der Waals surface area contributed by atoms with E-state index in [1.807, 2.05) is 13.8 Å². The zero-order chi connectivity index (χ0) is 20.0. The Kier molecular flexibility index (Phi) is 6.92. The molecular weight excluding hydrogens is 356 g/mol. The lowest BCUT2D eigenvalue weighted by Gasteiger charge is -2.16. The van der Waals surface area contributed by atoms with E-state index in [-0.39, 0.29) is 24.4 Å². The Morgan fingerprint density at radius 3 is 2.70 bits per heavy atom. The van der Waals surface area contributed by atoms with Crippen LogP contribution in [-0.2, 0) is 11.3 Å². The second-order valence-corrected chi connectivity index (χ2v) is 6.13. The average Bonchev–Trinajstić information content (AvgIpc) is 3.08. The van der Waals surface area contributed by atoms with Crippen molar-refractivity contribution < 1.29 is 23.0 Å². The third kappa shape index (κ3) is 5.54. The maximum Gasteiger partial charge on any atom is 0.319 e. The van der Waals surface area contributed by atoms with Crippen LogP contribution in [0, 0.1) is 0 Å². The molecule has 1 heterocycles. The van der Waals surface area contributed by atoms with E-state index in [0.717, 1.165) is 10.1 Å². The van der Waals surface area contributed by atoms with Gasteiger partial charge in [0.2, 0.25) is 5.91 Å². The van der Waals surface area contributed by atoms with Crippen molar-refractivity contribution in [1.82, 2.24) is 14.5 Å². The van der Waals surface area contributed by atoms with Crippen LogP contribution >= 0.6 is 0 Å². The number of halogens is 2. The van der Waals surface area contributed by atoms with Crippen LogP contribution in [0.5, 0.6) is 11.5 Å². The summed E-state index contributed by atoms with van der Waals surface area (Å²) in [6.07, 6.45) is 5.47. The van der Waals surface area contributed by atoms with E-state index in [0.29, 0.717) is 11.5 Å². The van der Waals surface area contributed by atoms with Crippen LogP contribution in [-0.4, -0.2) is 40.6 Å². The first kappa shape index (κ1) is 20.4. The molecule has 1 aromatic heterocycles. The lowest BCUT2D eigenvalue weighted by atomic mass is 10.2. The molecule has 0 saturated carbocycles. The predicted molar refractivity (Wildman–Crippen MR) is 97.7 cm³/mol. The van der Waals surface area contributed by atoms with E-state index in [4.69, 9.17) is 9.47 Å². The van der Waals surface area contributed by atoms with E-state index in [1.165, 1.54) is 30.4 Å². The summed E-state index contributed by atoms with van der Waals surface area (Å²) in [5, 5.41) is 0. The number of imidazole rings is 1. The summed E-state index contributed by atoms with van der Waals surface area (Å²) in [6, 6.07) is 5.32. The predicted octanol–water partition coefficient (Wildman–Crippen LogP) is 3.75. The number of hydrogen-bond acceptors (Lipinski definition) is 4. The number of hydrogen-bond donors (Lipinski definition) is 0. The quantitative estimate of drug-likeness (QED) is 0.656. The Morgan fingerprint density at radius 2 is 2.07 bits per heavy atom. The molecule has 0 aliphatic carbocycles. The van der Waals surface area contributed by atoms with Gasteiger partial charge in [-0.2, -0.15) is 8.78 Å². The smallest absolute Gasteiger partial charge is 0.319 e. The third-order valence-corrected chi connectivity index (χ3v) is 3.68. The van der Waals surface area contributed by atoms with Crippen LogP contribution < -0.4 is 9.47 Å². The second-order valence-electron chi connectivity index (χ2n) is 6.13. The highest BCUT2D eigenvalue weighted by Gasteiger charge is 2.15. The van der Waals surface area contributed by atoms with Crippen molar-refractivity contribution in [3.8, 4) is 11.5 Å². The molecule has 2 aromatic rings. The summed E-state index contributed by atoms with van der Waals surface area (Å²) in [4.78, 5) is 17.4. The Labute approximate surface area is 157 Å². The fourth-order valence-corrected chi connectivity index (χ4v) is 2.37. The van der Waals surface area contributed by atoms with Crippen LogP contribution in [0.2, 0.25) is 0 Å². The summed E-state index contributed by atoms with van der Waals surface area (Å²) in [5.41, 5.74) is 0.749. The van der Waals surface area contributed by atoms with E-state index in [9.17, 15) is 13.6 Å². The standard InChI is InChI=1S/C19H23F2N3O3/c1-13(2)27-15-7-5-14(11-16(15)26-4)6-8-18(25)23(3)12-17-22-9-10-24(17)19(20)21/h5-11,13,19H,12H2,1-4H3/b8-6+. The molecule has 0 aliphatic rings. The fraction of sp³-hybridized carbons (Fsp3) is 0.368. The molecule has 146 valence electrons. The van der Waals surface area contributed by atoms with E-state index < -0.39 is 6.55 Å². The highest BCUT2D eigenvalue weighted by atomic mass is 19.3. The number of ether oxygens (including phenoxy) is 2. The lowest BCUT2D eigenvalue weighted by molar-refractivity contribution is -0.125. The number of alkyl halides is 2. The Morgan fingerprint density at radius 1 is 1.33 bits per heavy atom. The van der Waals surface area contributed by atoms with Crippen LogP contribution in [0.25, 0.3) is 6.08 Å². The second kappa shape index (κ2) is 9.16. The van der Waals surface area contributed by atoms with Crippen molar-refractivity contribution in [3.05, 3.63) is 48.1 Å². The first-order chi connectivity index (χ1) is 12.8. The van der Waals surface area contributed by atoms with E-state index in [2.05, 4.69) is 4.98 Å². The largest absolute Gasteiger partial charge is 0.493 e. The number of carbonyl (C=O) groups is 1. The molecule has 8 heteroatoms. The molecule has 0 aliphatic heterocycles. The SMILES string of the molecule is COc1cc(/C=C/C(=O)N(C)Cc2nccn2C(F)F)ccc1OC(C)C. The molecule has 1 aromatic carbocycles. The topological polar surface area (TPSA) is 56.6 Å². The van der Waals surface area contributed by atoms with Crippen molar-refractivity contribution in [1.29, 1.82) is 0 Å². The molecule has 0 bridgehead atoms. The van der Waals surface area contributed by atoms with Crippen LogP contribution in [0.15, 0.2) is 36.7 Å². The molecule has 0 unspecified atom stereocenters. The molecular formula is C19H23F2N3O3. The van der Waals surface area contributed by atoms with Gasteiger partial charge in [-0.05, 0) is 37.6 Å². The Bertz CT molecular complexity index is 803. The van der Waals surface area contributed by atoms with Crippen LogP contribution in [0.4, 0.5) is 8.78 Å². The highest BCUT2D eigenvalue weighted by Crippen LogP contribution is 2.29. The van der Waals surface area contributed by atoms with Gasteiger partial charge in [-0.1, -0.05) is 6.07 Å². The van der Waals surface area contributed by atoms with Gasteiger partial charge in [-0.25, -0.2) is 4.98 Å². The van der Waals surface area contributed by atoms with Gasteiger partial charge < -0.3 is 14.4 Å². The monoisotopic (exact) mass is 379 g/mol. The van der Waals surface area contributed by atoms with Gasteiger partial charge >= 0.3 is 6.55 Å². The summed E-state index contributed by atoms with van der Waals surface area (Å²) in [6.45, 7) is 1.12. The lowest BCUT2D eigenvalue weighted by Crippen LogP contribution is -2.26. The van der Waals surface area contributed by atoms with Crippen LogP contribution in [0.1, 0.15) is 31.8 Å². The number of rotatable bonds is 8. The number of methoxy groups -OCH3 is 1. The van der Waals surface area contributed by atoms with Gasteiger partial charge in [0.1, 0.15) is 5.82 Å². The summed E-state index contributed by atoms with van der Waals surface area (Å²) in [5.74, 6) is 0.962. The Hall–Kier alpha value is -2.90. The van der Waals surface area contributed by atoms with E-state index >= 15 is 0 Å². The van der Waals surface area contributed by atoms with Crippen molar-refractivity contribution in [2.75, 3.05) is 14.2 Å². The molecule has 0 atom stereocenters. The highest BCUT2D eigenvalue weighted by molar-refractivity contribution is 5.91. The van der Waals surface area contributed by atoms with Gasteiger partial charge in [-0.3, -0.25) is 9.36 Å². The number of carbonyl (C=O) groups excluding carboxylic acids is 1. The zero-order valence-corrected chi connectivity index (χ0v) is 15.7. The van der Waals surface area contributed by atoms with Crippen molar-refractivity contribution in [2.45, 2.75) is 33.0 Å². The molecule has 6 nitrogen and oxygen atoms in total. The molecule has 0 N–H and O–H groups in total. The zero-order valence-electron chi connectivity index (χ0n) is 15.7. The van der Waals surface area contributed by atoms with Gasteiger partial charge in [0.15, 0.2) is 11.5 Å². The summed E-state index contributed by atoms with van der Waals surface area (Å²) < 4.78 is 37.4. The number of nitrogens with zero attached hydrogens (tertiary/aromatic N) is 3. The molecule has 0 spiro atoms. The van der Waals surface area contributed by atoms with Crippen LogP contribution in [0.3, 0.4) is 0 Å². The van der Waals surface area contributed by atoms with Gasteiger partial charge in [0, 0.05) is 25.5 Å². The maximum atomic E-state index is 12.8. The number of aromatic nitrogens is 2.